The van der Waals surface area contributed by atoms with Gasteiger partial charge in [0.2, 0.25) is 5.91 Å². The molecule has 0 aliphatic carbocycles. The average Bonchev–Trinajstić information content (AvgIpc) is 2.64. The Morgan fingerprint density at radius 2 is 2.38 bits per heavy atom. The second kappa shape index (κ2) is 7.28. The maximum absolute atomic E-state index is 11.0. The predicted molar refractivity (Wildman–Crippen MR) is 70.9 cm³/mol. The van der Waals surface area contributed by atoms with E-state index >= 15 is 0 Å². The first-order valence-electron chi connectivity index (χ1n) is 6.21. The second-order valence-electron chi connectivity index (χ2n) is 4.75. The fourth-order valence-electron chi connectivity index (χ4n) is 2.39. The number of alkyl halides is 1. The van der Waals surface area contributed by atoms with Gasteiger partial charge in [-0.15, -0.1) is 0 Å². The minimum absolute atomic E-state index is 0.0949. The van der Waals surface area contributed by atoms with Crippen molar-refractivity contribution < 1.29 is 4.79 Å². The summed E-state index contributed by atoms with van der Waals surface area (Å²) in [6, 6.07) is 0.370. The van der Waals surface area contributed by atoms with Gasteiger partial charge in [-0.25, -0.2) is 0 Å². The summed E-state index contributed by atoms with van der Waals surface area (Å²) < 4.78 is 0. The molecule has 0 aromatic heterocycles. The number of amides is 1. The number of nitrogens with zero attached hydrogens (tertiary/aromatic N) is 1. The van der Waals surface area contributed by atoms with Gasteiger partial charge in [0.1, 0.15) is 0 Å². The van der Waals surface area contributed by atoms with Crippen molar-refractivity contribution in [3.63, 3.8) is 0 Å². The Kier molecular flexibility index (Phi) is 6.36. The minimum Gasteiger partial charge on any atom is -0.352 e. The number of carbonyl (C=O) groups excluding carboxylic acids is 1. The van der Waals surface area contributed by atoms with Crippen molar-refractivity contribution in [2.45, 2.75) is 39.2 Å². The number of hydrogen-bond acceptors (Lipinski definition) is 2. The smallest absolute Gasteiger partial charge is 0.217 e. The van der Waals surface area contributed by atoms with Gasteiger partial charge in [0.15, 0.2) is 0 Å². The molecule has 0 aromatic carbocycles. The quantitative estimate of drug-likeness (QED) is 0.759. The van der Waals surface area contributed by atoms with Crippen molar-refractivity contribution in [1.29, 1.82) is 0 Å². The lowest BCUT2D eigenvalue weighted by Gasteiger charge is -2.22. The summed E-state index contributed by atoms with van der Waals surface area (Å²) in [5.74, 6) is 0.846. The molecule has 0 saturated carbocycles. The molecule has 1 heterocycles. The van der Waals surface area contributed by atoms with Crippen LogP contribution in [-0.2, 0) is 4.79 Å². The van der Waals surface area contributed by atoms with Gasteiger partial charge in [-0.3, -0.25) is 4.79 Å². The van der Waals surface area contributed by atoms with Crippen LogP contribution in [0.3, 0.4) is 0 Å². The van der Waals surface area contributed by atoms with E-state index in [1.54, 1.807) is 6.92 Å². The molecular formula is C12H23BrN2O. The van der Waals surface area contributed by atoms with E-state index < -0.39 is 0 Å². The Morgan fingerprint density at radius 3 is 2.94 bits per heavy atom. The van der Waals surface area contributed by atoms with Crippen LogP contribution in [0.25, 0.3) is 0 Å². The molecule has 0 bridgehead atoms. The number of carbonyl (C=O) groups is 1. The number of nitrogens with one attached hydrogen (secondary N) is 1. The van der Waals surface area contributed by atoms with E-state index in [1.165, 1.54) is 12.8 Å². The highest BCUT2D eigenvalue weighted by Crippen LogP contribution is 2.16. The molecule has 1 aliphatic heterocycles. The zero-order valence-corrected chi connectivity index (χ0v) is 11.9. The number of rotatable bonds is 6. The first-order valence-corrected chi connectivity index (χ1v) is 7.33. The standard InChI is InChI=1S/C12H23BrN2O/c1-3-4-11(7-13)8-15-6-5-12(9-15)14-10(2)16/h11-12H,3-9H2,1-2H3,(H,14,16). The van der Waals surface area contributed by atoms with Gasteiger partial charge >= 0.3 is 0 Å². The third-order valence-electron chi connectivity index (χ3n) is 3.11. The van der Waals surface area contributed by atoms with Crippen molar-refractivity contribution in [2.24, 2.45) is 5.92 Å². The summed E-state index contributed by atoms with van der Waals surface area (Å²) in [5.41, 5.74) is 0. The SMILES string of the molecule is CCCC(CBr)CN1CCC(NC(C)=O)C1. The van der Waals surface area contributed by atoms with Crippen molar-refractivity contribution in [2.75, 3.05) is 25.0 Å². The van der Waals surface area contributed by atoms with Gasteiger partial charge in [0.05, 0.1) is 0 Å². The molecule has 2 unspecified atom stereocenters. The lowest BCUT2D eigenvalue weighted by atomic mass is 10.1. The third-order valence-corrected chi connectivity index (χ3v) is 4.03. The molecular weight excluding hydrogens is 268 g/mol. The lowest BCUT2D eigenvalue weighted by molar-refractivity contribution is -0.119. The Balaban J connectivity index is 2.26. The fourth-order valence-corrected chi connectivity index (χ4v) is 2.92. The lowest BCUT2D eigenvalue weighted by Crippen LogP contribution is -2.36. The van der Waals surface area contributed by atoms with Crippen LogP contribution < -0.4 is 5.32 Å². The highest BCUT2D eigenvalue weighted by Gasteiger charge is 2.24. The molecule has 1 N–H and O–H groups in total. The van der Waals surface area contributed by atoms with E-state index in [9.17, 15) is 4.79 Å². The van der Waals surface area contributed by atoms with E-state index in [-0.39, 0.29) is 5.91 Å². The van der Waals surface area contributed by atoms with Gasteiger partial charge in [0, 0.05) is 37.9 Å². The molecule has 0 radical (unpaired) electrons. The third kappa shape index (κ3) is 4.83. The molecule has 1 rings (SSSR count). The summed E-state index contributed by atoms with van der Waals surface area (Å²) in [6.45, 7) is 7.14. The predicted octanol–water partition coefficient (Wildman–Crippen LogP) is 2.01. The Morgan fingerprint density at radius 1 is 1.62 bits per heavy atom. The van der Waals surface area contributed by atoms with Crippen LogP contribution in [0.5, 0.6) is 0 Å². The van der Waals surface area contributed by atoms with Crippen LogP contribution in [0, 0.1) is 5.92 Å². The molecule has 94 valence electrons. The van der Waals surface area contributed by atoms with Gasteiger partial charge in [0.25, 0.3) is 0 Å². The topological polar surface area (TPSA) is 32.3 Å². The van der Waals surface area contributed by atoms with Gasteiger partial charge in [-0.05, 0) is 18.8 Å². The van der Waals surface area contributed by atoms with E-state index in [4.69, 9.17) is 0 Å². The van der Waals surface area contributed by atoms with Crippen LogP contribution in [0.4, 0.5) is 0 Å². The second-order valence-corrected chi connectivity index (χ2v) is 5.40. The molecule has 1 saturated heterocycles. The van der Waals surface area contributed by atoms with Crippen LogP contribution in [0.1, 0.15) is 33.1 Å². The normalized spacial score (nSPS) is 23.3. The number of hydrogen-bond donors (Lipinski definition) is 1. The first kappa shape index (κ1) is 14.0. The molecule has 3 nitrogen and oxygen atoms in total. The summed E-state index contributed by atoms with van der Waals surface area (Å²) in [4.78, 5) is 13.4. The first-order chi connectivity index (χ1) is 7.65. The highest BCUT2D eigenvalue weighted by atomic mass is 79.9. The monoisotopic (exact) mass is 290 g/mol. The summed E-state index contributed by atoms with van der Waals surface area (Å²) in [6.07, 6.45) is 3.63. The van der Waals surface area contributed by atoms with Gasteiger partial charge in [-0.1, -0.05) is 29.3 Å². The van der Waals surface area contributed by atoms with Crippen LogP contribution in [-0.4, -0.2) is 41.8 Å². The molecule has 1 aliphatic rings. The fraction of sp³-hybridized carbons (Fsp3) is 0.917. The van der Waals surface area contributed by atoms with E-state index in [0.717, 1.165) is 37.3 Å². The van der Waals surface area contributed by atoms with Crippen molar-refractivity contribution in [3.05, 3.63) is 0 Å². The summed E-state index contributed by atoms with van der Waals surface area (Å²) in [5, 5.41) is 4.09. The van der Waals surface area contributed by atoms with Crippen LogP contribution >= 0.6 is 15.9 Å². The molecule has 1 fully saturated rings. The average molecular weight is 291 g/mol. The van der Waals surface area contributed by atoms with Crippen LogP contribution in [0.15, 0.2) is 0 Å². The minimum atomic E-state index is 0.0949. The van der Waals surface area contributed by atoms with E-state index in [2.05, 4.69) is 33.1 Å². The van der Waals surface area contributed by atoms with Crippen LogP contribution in [0.2, 0.25) is 0 Å². The zero-order chi connectivity index (χ0) is 12.0. The van der Waals surface area contributed by atoms with E-state index in [1.807, 2.05) is 0 Å². The zero-order valence-electron chi connectivity index (χ0n) is 10.3. The van der Waals surface area contributed by atoms with Crippen molar-refractivity contribution >= 4 is 21.8 Å². The largest absolute Gasteiger partial charge is 0.352 e. The molecule has 2 atom stereocenters. The molecule has 4 heteroatoms. The highest BCUT2D eigenvalue weighted by molar-refractivity contribution is 9.09. The molecule has 0 aromatic rings. The Hall–Kier alpha value is -0.0900. The Bertz CT molecular complexity index is 223. The van der Waals surface area contributed by atoms with Crippen molar-refractivity contribution in [1.82, 2.24) is 10.2 Å². The number of halogens is 1. The van der Waals surface area contributed by atoms with Gasteiger partial charge in [-0.2, -0.15) is 0 Å². The molecule has 16 heavy (non-hydrogen) atoms. The molecule has 1 amide bonds. The van der Waals surface area contributed by atoms with Crippen molar-refractivity contribution in [3.8, 4) is 0 Å². The van der Waals surface area contributed by atoms with Gasteiger partial charge < -0.3 is 10.2 Å². The maximum Gasteiger partial charge on any atom is 0.217 e. The van der Waals surface area contributed by atoms with E-state index in [0.29, 0.717) is 6.04 Å². The number of likely N-dealkylation sites (tertiary alicyclic amines) is 1. The Labute approximate surface area is 107 Å². The maximum atomic E-state index is 11.0. The summed E-state index contributed by atoms with van der Waals surface area (Å²) >= 11 is 3.58. The molecule has 0 spiro atoms. The summed E-state index contributed by atoms with van der Waals surface area (Å²) in [7, 11) is 0.